The van der Waals surface area contributed by atoms with Crippen molar-refractivity contribution in [2.45, 2.75) is 24.7 Å². The van der Waals surface area contributed by atoms with Crippen LogP contribution in [0.25, 0.3) is 0 Å². The molecule has 35 heavy (non-hydrogen) atoms. The summed E-state index contributed by atoms with van der Waals surface area (Å²) in [6.07, 6.45) is -4.84. The smallest absolute Gasteiger partial charge is 0.368 e. The lowest BCUT2D eigenvalue weighted by Crippen LogP contribution is -2.49. The summed E-state index contributed by atoms with van der Waals surface area (Å²) in [7, 11) is 0. The van der Waals surface area contributed by atoms with Gasteiger partial charge in [-0.15, -0.1) is 0 Å². The molecule has 1 amide bonds. The molecule has 1 fully saturated rings. The number of hydrogen-bond acceptors (Lipinski definition) is 4. The van der Waals surface area contributed by atoms with E-state index in [2.05, 4.69) is 10.4 Å². The number of piperazine rings is 1. The summed E-state index contributed by atoms with van der Waals surface area (Å²) in [5, 5.41) is 6.98. The van der Waals surface area contributed by atoms with Crippen LogP contribution >= 0.6 is 11.6 Å². The third kappa shape index (κ3) is 4.54. The molecule has 6 nitrogen and oxygen atoms in total. The fraction of sp³-hybridized carbons (Fsp3) is 0.333. The minimum absolute atomic E-state index is 0.0117. The van der Waals surface area contributed by atoms with E-state index in [1.165, 1.54) is 17.0 Å². The molecule has 0 radical (unpaired) electrons. The predicted octanol–water partition coefficient (Wildman–Crippen LogP) is 5.30. The zero-order chi connectivity index (χ0) is 24.7. The maximum atomic E-state index is 14.0. The summed E-state index contributed by atoms with van der Waals surface area (Å²) in [6, 6.07) is 12.3. The molecule has 2 atom stereocenters. The third-order valence-corrected chi connectivity index (χ3v) is 6.82. The number of nitrogens with zero attached hydrogens (tertiary/aromatic N) is 4. The Kier molecular flexibility index (Phi) is 6.08. The van der Waals surface area contributed by atoms with E-state index in [-0.39, 0.29) is 28.8 Å². The van der Waals surface area contributed by atoms with Gasteiger partial charge in [0.25, 0.3) is 5.91 Å². The quantitative estimate of drug-likeness (QED) is 0.489. The molecule has 5 rings (SSSR count). The Hall–Kier alpha value is -3.27. The monoisotopic (exact) mass is 507 g/mol. The molecule has 3 aromatic rings. The molecule has 3 heterocycles. The van der Waals surface area contributed by atoms with Gasteiger partial charge in [0.15, 0.2) is 11.7 Å². The van der Waals surface area contributed by atoms with Crippen LogP contribution in [-0.2, 0) is 0 Å². The van der Waals surface area contributed by atoms with E-state index >= 15 is 0 Å². The summed E-state index contributed by atoms with van der Waals surface area (Å²) < 4.78 is 55.9. The molecule has 2 unspecified atom stereocenters. The highest BCUT2D eigenvalue weighted by atomic mass is 35.5. The maximum Gasteiger partial charge on any atom is 0.410 e. The largest absolute Gasteiger partial charge is 0.410 e. The first-order chi connectivity index (χ1) is 16.7. The molecule has 2 aromatic carbocycles. The number of halogens is 5. The molecule has 184 valence electrons. The second kappa shape index (κ2) is 9.07. The lowest BCUT2D eigenvalue weighted by atomic mass is 9.97. The highest BCUT2D eigenvalue weighted by Crippen LogP contribution is 2.46. The summed E-state index contributed by atoms with van der Waals surface area (Å²) in [6.45, 7) is 1.64. The summed E-state index contributed by atoms with van der Waals surface area (Å²) in [5.41, 5.74) is 1.32. The first-order valence-electron chi connectivity index (χ1n) is 11.2. The normalized spacial score (nSPS) is 20.4. The van der Waals surface area contributed by atoms with Crippen LogP contribution in [-0.4, -0.2) is 52.9 Å². The van der Waals surface area contributed by atoms with Crippen LogP contribution < -0.4 is 10.2 Å². The number of nitrogens with one attached hydrogen (secondary N) is 1. The van der Waals surface area contributed by atoms with E-state index in [0.29, 0.717) is 31.7 Å². The van der Waals surface area contributed by atoms with Crippen molar-refractivity contribution in [3.8, 4) is 0 Å². The predicted molar refractivity (Wildman–Crippen MR) is 124 cm³/mol. The van der Waals surface area contributed by atoms with Crippen molar-refractivity contribution in [1.82, 2.24) is 14.7 Å². The molecule has 11 heteroatoms. The van der Waals surface area contributed by atoms with Crippen LogP contribution in [0.3, 0.4) is 0 Å². The van der Waals surface area contributed by atoms with Gasteiger partial charge in [-0.25, -0.2) is 9.07 Å². The Morgan fingerprint density at radius 3 is 2.29 bits per heavy atom. The maximum absolute atomic E-state index is 14.0. The topological polar surface area (TPSA) is 53.4 Å². The fourth-order valence-electron chi connectivity index (χ4n) is 4.60. The molecular formula is C24H22ClF4N5O. The van der Waals surface area contributed by atoms with Gasteiger partial charge in [0.1, 0.15) is 16.7 Å². The second-order valence-corrected chi connectivity index (χ2v) is 8.99. The van der Waals surface area contributed by atoms with Gasteiger partial charge in [0, 0.05) is 38.3 Å². The summed E-state index contributed by atoms with van der Waals surface area (Å²) in [5.74, 6) is -0.863. The van der Waals surface area contributed by atoms with Gasteiger partial charge in [-0.1, -0.05) is 41.9 Å². The van der Waals surface area contributed by atoms with Crippen molar-refractivity contribution in [2.24, 2.45) is 0 Å². The first kappa shape index (κ1) is 23.5. The zero-order valence-corrected chi connectivity index (χ0v) is 19.2. The van der Waals surface area contributed by atoms with Crippen molar-refractivity contribution in [3.63, 3.8) is 0 Å². The molecule has 1 saturated heterocycles. The van der Waals surface area contributed by atoms with Gasteiger partial charge in [-0.3, -0.25) is 4.79 Å². The second-order valence-electron chi connectivity index (χ2n) is 8.61. The Labute approximate surface area is 204 Å². The average Bonchev–Trinajstić information content (AvgIpc) is 3.20. The van der Waals surface area contributed by atoms with E-state index in [4.69, 9.17) is 11.6 Å². The Bertz CT molecular complexity index is 1210. The number of carbonyl (C=O) groups is 1. The van der Waals surface area contributed by atoms with E-state index in [1.54, 1.807) is 42.5 Å². The van der Waals surface area contributed by atoms with Gasteiger partial charge in [0.2, 0.25) is 0 Å². The number of fused-ring (bicyclic) bond motifs is 1. The van der Waals surface area contributed by atoms with Gasteiger partial charge < -0.3 is 15.1 Å². The minimum atomic E-state index is -4.57. The molecule has 2 aliphatic rings. The number of alkyl halides is 3. The van der Waals surface area contributed by atoms with Crippen LogP contribution in [0.5, 0.6) is 0 Å². The SMILES string of the molecule is O=C(c1nn2c(c1Cl)NC(c1ccccc1)CC2C(F)(F)F)N1CCN(c2ccc(F)cc2)CC1. The average molecular weight is 508 g/mol. The van der Waals surface area contributed by atoms with Crippen molar-refractivity contribution in [2.75, 3.05) is 36.4 Å². The zero-order valence-electron chi connectivity index (χ0n) is 18.5. The highest BCUT2D eigenvalue weighted by Gasteiger charge is 2.48. The Morgan fingerprint density at radius 2 is 1.66 bits per heavy atom. The molecule has 0 saturated carbocycles. The van der Waals surface area contributed by atoms with Crippen LogP contribution in [0.2, 0.25) is 5.02 Å². The Morgan fingerprint density at radius 1 is 1.00 bits per heavy atom. The first-order valence-corrected chi connectivity index (χ1v) is 11.6. The number of benzene rings is 2. The highest BCUT2D eigenvalue weighted by molar-refractivity contribution is 6.36. The van der Waals surface area contributed by atoms with Gasteiger partial charge in [0.05, 0.1) is 6.04 Å². The molecule has 1 aromatic heterocycles. The van der Waals surface area contributed by atoms with Crippen molar-refractivity contribution in [3.05, 3.63) is 76.7 Å². The van der Waals surface area contributed by atoms with Gasteiger partial charge >= 0.3 is 6.18 Å². The molecular weight excluding hydrogens is 486 g/mol. The summed E-state index contributed by atoms with van der Waals surface area (Å²) in [4.78, 5) is 16.8. The van der Waals surface area contributed by atoms with E-state index < -0.39 is 24.2 Å². The Balaban J connectivity index is 1.38. The van der Waals surface area contributed by atoms with Crippen molar-refractivity contribution < 1.29 is 22.4 Å². The number of amides is 1. The van der Waals surface area contributed by atoms with Crippen molar-refractivity contribution >= 4 is 29.0 Å². The lowest BCUT2D eigenvalue weighted by molar-refractivity contribution is -0.173. The minimum Gasteiger partial charge on any atom is -0.368 e. The molecule has 0 bridgehead atoms. The number of hydrogen-bond donors (Lipinski definition) is 1. The van der Waals surface area contributed by atoms with Crippen LogP contribution in [0.1, 0.15) is 34.6 Å². The number of anilines is 2. The number of carbonyl (C=O) groups excluding carboxylic acids is 1. The van der Waals surface area contributed by atoms with E-state index in [9.17, 15) is 22.4 Å². The fourth-order valence-corrected chi connectivity index (χ4v) is 4.86. The number of rotatable bonds is 3. The van der Waals surface area contributed by atoms with Gasteiger partial charge in [-0.2, -0.15) is 18.3 Å². The number of aromatic nitrogens is 2. The van der Waals surface area contributed by atoms with E-state index in [0.717, 1.165) is 10.4 Å². The van der Waals surface area contributed by atoms with Crippen LogP contribution in [0, 0.1) is 5.82 Å². The molecule has 2 aliphatic heterocycles. The standard InChI is InChI=1S/C24H22ClF4N5O/c25-20-21(23(35)33-12-10-32(11-13-33)17-8-6-16(26)7-9-17)31-34-19(24(27,28)29)14-18(30-22(20)34)15-4-2-1-3-5-15/h1-9,18-19,30H,10-14H2. The van der Waals surface area contributed by atoms with Gasteiger partial charge in [-0.05, 0) is 29.8 Å². The molecule has 0 spiro atoms. The van der Waals surface area contributed by atoms with E-state index in [1.807, 2.05) is 4.90 Å². The summed E-state index contributed by atoms with van der Waals surface area (Å²) >= 11 is 6.46. The van der Waals surface area contributed by atoms with Crippen LogP contribution in [0.15, 0.2) is 54.6 Å². The van der Waals surface area contributed by atoms with Crippen molar-refractivity contribution in [1.29, 1.82) is 0 Å². The molecule has 1 N–H and O–H groups in total. The lowest BCUT2D eigenvalue weighted by Gasteiger charge is -2.35. The third-order valence-electron chi connectivity index (χ3n) is 6.46. The molecule has 0 aliphatic carbocycles. The van der Waals surface area contributed by atoms with Crippen LogP contribution in [0.4, 0.5) is 29.1 Å².